The molecule has 1 aromatic heterocycles. The van der Waals surface area contributed by atoms with Crippen LogP contribution in [-0.4, -0.2) is 9.78 Å². The van der Waals surface area contributed by atoms with Crippen molar-refractivity contribution in [2.24, 2.45) is 12.9 Å². The molecule has 0 fully saturated rings. The lowest BCUT2D eigenvalue weighted by molar-refractivity contribution is 0.475. The third kappa shape index (κ3) is 2.33. The van der Waals surface area contributed by atoms with Crippen LogP contribution in [0.15, 0.2) is 6.07 Å². The third-order valence-corrected chi connectivity index (χ3v) is 2.46. The summed E-state index contributed by atoms with van der Waals surface area (Å²) in [5, 5.41) is 4.40. The summed E-state index contributed by atoms with van der Waals surface area (Å²) in [5.41, 5.74) is 5.13. The molecule has 0 amide bonds. The van der Waals surface area contributed by atoms with Crippen molar-refractivity contribution in [3.05, 3.63) is 17.5 Å². The molecule has 1 rings (SSSR count). The summed E-state index contributed by atoms with van der Waals surface area (Å²) in [7, 11) is 1.97. The van der Waals surface area contributed by atoms with E-state index in [4.69, 9.17) is 5.84 Å². The van der Waals surface area contributed by atoms with Crippen LogP contribution in [0.2, 0.25) is 0 Å². The molecule has 0 aromatic carbocycles. The van der Waals surface area contributed by atoms with Crippen molar-refractivity contribution in [2.75, 3.05) is 0 Å². The zero-order valence-corrected chi connectivity index (χ0v) is 9.25. The topological polar surface area (TPSA) is 55.9 Å². The van der Waals surface area contributed by atoms with Crippen LogP contribution in [0.5, 0.6) is 0 Å². The van der Waals surface area contributed by atoms with Crippen molar-refractivity contribution in [3.63, 3.8) is 0 Å². The first-order valence-corrected chi connectivity index (χ1v) is 5.21. The standard InChI is InChI=1S/C10H20N4/c1-4-6-9(12-11)10-7-8(5-2)13-14(10)3/h7,9,12H,4-6,11H2,1-3H3. The lowest BCUT2D eigenvalue weighted by Gasteiger charge is -2.14. The fourth-order valence-electron chi connectivity index (χ4n) is 1.65. The molecule has 0 saturated heterocycles. The smallest absolute Gasteiger partial charge is 0.0629 e. The molecule has 4 nitrogen and oxygen atoms in total. The average molecular weight is 196 g/mol. The van der Waals surface area contributed by atoms with E-state index in [-0.39, 0.29) is 6.04 Å². The van der Waals surface area contributed by atoms with Gasteiger partial charge in [-0.3, -0.25) is 16.0 Å². The van der Waals surface area contributed by atoms with Crippen molar-refractivity contribution in [1.29, 1.82) is 0 Å². The predicted octanol–water partition coefficient (Wildman–Crippen LogP) is 1.29. The Hall–Kier alpha value is -0.870. The van der Waals surface area contributed by atoms with Crippen LogP contribution >= 0.6 is 0 Å². The summed E-state index contributed by atoms with van der Waals surface area (Å²) in [6.07, 6.45) is 3.12. The monoisotopic (exact) mass is 196 g/mol. The molecular formula is C10H20N4. The number of nitrogens with zero attached hydrogens (tertiary/aromatic N) is 2. The lowest BCUT2D eigenvalue weighted by atomic mass is 10.1. The van der Waals surface area contributed by atoms with E-state index in [2.05, 4.69) is 30.4 Å². The minimum Gasteiger partial charge on any atom is -0.271 e. The van der Waals surface area contributed by atoms with E-state index in [0.29, 0.717) is 0 Å². The highest BCUT2D eigenvalue weighted by molar-refractivity contribution is 5.13. The van der Waals surface area contributed by atoms with Gasteiger partial charge in [-0.05, 0) is 18.9 Å². The lowest BCUT2D eigenvalue weighted by Crippen LogP contribution is -2.29. The maximum Gasteiger partial charge on any atom is 0.0629 e. The van der Waals surface area contributed by atoms with E-state index in [1.807, 2.05) is 11.7 Å². The van der Waals surface area contributed by atoms with E-state index < -0.39 is 0 Å². The van der Waals surface area contributed by atoms with E-state index >= 15 is 0 Å². The molecule has 0 bridgehead atoms. The minimum absolute atomic E-state index is 0.220. The van der Waals surface area contributed by atoms with Gasteiger partial charge in [-0.1, -0.05) is 20.3 Å². The zero-order chi connectivity index (χ0) is 10.6. The predicted molar refractivity (Wildman–Crippen MR) is 57.6 cm³/mol. The Morgan fingerprint density at radius 1 is 1.57 bits per heavy atom. The average Bonchev–Trinajstić information content (AvgIpc) is 2.56. The van der Waals surface area contributed by atoms with Crippen molar-refractivity contribution in [1.82, 2.24) is 15.2 Å². The molecule has 3 N–H and O–H groups in total. The molecule has 0 aliphatic heterocycles. The molecule has 1 heterocycles. The van der Waals surface area contributed by atoms with Gasteiger partial charge in [0.05, 0.1) is 17.4 Å². The SMILES string of the molecule is CCCC(NN)c1cc(CC)nn1C. The fraction of sp³-hybridized carbons (Fsp3) is 0.700. The van der Waals surface area contributed by atoms with Gasteiger partial charge in [0.15, 0.2) is 0 Å². The number of rotatable bonds is 5. The fourth-order valence-corrected chi connectivity index (χ4v) is 1.65. The van der Waals surface area contributed by atoms with Crippen LogP contribution in [0.4, 0.5) is 0 Å². The first-order valence-electron chi connectivity index (χ1n) is 5.21. The highest BCUT2D eigenvalue weighted by atomic mass is 15.3. The molecule has 0 spiro atoms. The van der Waals surface area contributed by atoms with Crippen LogP contribution in [-0.2, 0) is 13.5 Å². The number of hydrogen-bond donors (Lipinski definition) is 2. The summed E-state index contributed by atoms with van der Waals surface area (Å²) in [6, 6.07) is 2.35. The Morgan fingerprint density at radius 3 is 2.71 bits per heavy atom. The summed E-state index contributed by atoms with van der Waals surface area (Å²) in [5.74, 6) is 5.52. The zero-order valence-electron chi connectivity index (χ0n) is 9.25. The second-order valence-electron chi connectivity index (χ2n) is 3.55. The molecule has 4 heteroatoms. The van der Waals surface area contributed by atoms with Gasteiger partial charge < -0.3 is 0 Å². The Balaban J connectivity index is 2.85. The molecule has 0 radical (unpaired) electrons. The van der Waals surface area contributed by atoms with E-state index in [1.54, 1.807) is 0 Å². The molecule has 14 heavy (non-hydrogen) atoms. The molecule has 0 saturated carbocycles. The van der Waals surface area contributed by atoms with Crippen LogP contribution in [0.3, 0.4) is 0 Å². The van der Waals surface area contributed by atoms with Gasteiger partial charge in [0.2, 0.25) is 0 Å². The van der Waals surface area contributed by atoms with Gasteiger partial charge >= 0.3 is 0 Å². The second kappa shape index (κ2) is 5.12. The summed E-state index contributed by atoms with van der Waals surface area (Å²) < 4.78 is 1.92. The normalized spacial score (nSPS) is 13.1. The molecule has 1 aromatic rings. The molecular weight excluding hydrogens is 176 g/mol. The van der Waals surface area contributed by atoms with Gasteiger partial charge in [-0.2, -0.15) is 5.10 Å². The Bertz CT molecular complexity index is 280. The molecule has 0 aliphatic carbocycles. The maximum atomic E-state index is 5.52. The highest BCUT2D eigenvalue weighted by Gasteiger charge is 2.13. The van der Waals surface area contributed by atoms with Crippen molar-refractivity contribution < 1.29 is 0 Å². The Labute approximate surface area is 85.5 Å². The third-order valence-electron chi connectivity index (χ3n) is 2.46. The quantitative estimate of drug-likeness (QED) is 0.551. The summed E-state index contributed by atoms with van der Waals surface area (Å²) in [6.45, 7) is 4.26. The molecule has 80 valence electrons. The number of hydrazine groups is 1. The van der Waals surface area contributed by atoms with E-state index in [0.717, 1.165) is 25.0 Å². The number of hydrogen-bond acceptors (Lipinski definition) is 3. The first kappa shape index (κ1) is 11.2. The van der Waals surface area contributed by atoms with Gasteiger partial charge in [-0.15, -0.1) is 0 Å². The van der Waals surface area contributed by atoms with Crippen LogP contribution in [0.25, 0.3) is 0 Å². The Kier molecular flexibility index (Phi) is 4.10. The summed E-state index contributed by atoms with van der Waals surface area (Å²) >= 11 is 0. The maximum absolute atomic E-state index is 5.52. The van der Waals surface area contributed by atoms with Crippen molar-refractivity contribution >= 4 is 0 Å². The van der Waals surface area contributed by atoms with Gasteiger partial charge in [-0.25, -0.2) is 0 Å². The minimum atomic E-state index is 0.220. The highest BCUT2D eigenvalue weighted by Crippen LogP contribution is 2.18. The van der Waals surface area contributed by atoms with E-state index in [9.17, 15) is 0 Å². The molecule has 1 unspecified atom stereocenters. The van der Waals surface area contributed by atoms with Gasteiger partial charge in [0.25, 0.3) is 0 Å². The summed E-state index contributed by atoms with van der Waals surface area (Å²) in [4.78, 5) is 0. The number of aromatic nitrogens is 2. The van der Waals surface area contributed by atoms with Crippen LogP contribution in [0.1, 0.15) is 44.1 Å². The largest absolute Gasteiger partial charge is 0.271 e. The van der Waals surface area contributed by atoms with Crippen LogP contribution in [0, 0.1) is 0 Å². The van der Waals surface area contributed by atoms with Crippen molar-refractivity contribution in [3.8, 4) is 0 Å². The van der Waals surface area contributed by atoms with Crippen LogP contribution < -0.4 is 11.3 Å². The number of nitrogens with one attached hydrogen (secondary N) is 1. The molecule has 0 aliphatic rings. The first-order chi connectivity index (χ1) is 6.72. The second-order valence-corrected chi connectivity index (χ2v) is 3.55. The Morgan fingerprint density at radius 2 is 2.29 bits per heavy atom. The van der Waals surface area contributed by atoms with E-state index in [1.165, 1.54) is 5.69 Å². The van der Waals surface area contributed by atoms with Gasteiger partial charge in [0.1, 0.15) is 0 Å². The van der Waals surface area contributed by atoms with Crippen molar-refractivity contribution in [2.45, 2.75) is 39.2 Å². The van der Waals surface area contributed by atoms with Gasteiger partial charge in [0, 0.05) is 7.05 Å². The molecule has 1 atom stereocenters. The number of aryl methyl sites for hydroxylation is 2. The number of nitrogens with two attached hydrogens (primary N) is 1.